The monoisotopic (exact) mass is 338 g/mol. The van der Waals surface area contributed by atoms with Crippen molar-refractivity contribution in [2.24, 2.45) is 0 Å². The van der Waals surface area contributed by atoms with E-state index < -0.39 is 5.67 Å². The van der Waals surface area contributed by atoms with Crippen molar-refractivity contribution in [2.45, 2.75) is 76.8 Å². The second-order valence-corrected chi connectivity index (χ2v) is 7.74. The Morgan fingerprint density at radius 3 is 1.92 bits per heavy atom. The predicted octanol–water partition coefficient (Wildman–Crippen LogP) is 7.47. The lowest BCUT2D eigenvalue weighted by Crippen LogP contribution is -2.28. The molecule has 0 amide bonds. The van der Waals surface area contributed by atoms with Gasteiger partial charge in [0.15, 0.2) is 0 Å². The van der Waals surface area contributed by atoms with Gasteiger partial charge in [0.05, 0.1) is 0 Å². The van der Waals surface area contributed by atoms with Crippen molar-refractivity contribution in [3.63, 3.8) is 0 Å². The quantitative estimate of drug-likeness (QED) is 0.512. The van der Waals surface area contributed by atoms with Crippen molar-refractivity contribution < 1.29 is 4.39 Å². The molecule has 0 nitrogen and oxygen atoms in total. The van der Waals surface area contributed by atoms with E-state index >= 15 is 0 Å². The average Bonchev–Trinajstić information content (AvgIpc) is 2.64. The van der Waals surface area contributed by atoms with Crippen molar-refractivity contribution in [1.82, 2.24) is 0 Å². The highest BCUT2D eigenvalue weighted by Gasteiger charge is 2.34. The van der Waals surface area contributed by atoms with E-state index in [9.17, 15) is 4.39 Å². The van der Waals surface area contributed by atoms with Gasteiger partial charge in [-0.25, -0.2) is 4.39 Å². The zero-order chi connectivity index (χ0) is 17.7. The average molecular weight is 339 g/mol. The summed E-state index contributed by atoms with van der Waals surface area (Å²) in [5.74, 6) is 0.529. The van der Waals surface area contributed by atoms with E-state index in [1.54, 1.807) is 0 Å². The molecular formula is C24H31F. The Morgan fingerprint density at radius 1 is 0.840 bits per heavy atom. The van der Waals surface area contributed by atoms with Crippen LogP contribution >= 0.6 is 0 Å². The Hall–Kier alpha value is -1.63. The van der Waals surface area contributed by atoms with Crippen LogP contribution in [0.2, 0.25) is 0 Å². The number of rotatable bonds is 6. The fraction of sp³-hybridized carbons (Fsp3) is 0.500. The zero-order valence-corrected chi connectivity index (χ0v) is 15.7. The first kappa shape index (κ1) is 18.2. The molecule has 2 aromatic carbocycles. The summed E-state index contributed by atoms with van der Waals surface area (Å²) in [6, 6.07) is 17.9. The molecule has 134 valence electrons. The number of benzene rings is 2. The van der Waals surface area contributed by atoms with Crippen LogP contribution in [0, 0.1) is 0 Å². The highest BCUT2D eigenvalue weighted by Crippen LogP contribution is 2.42. The van der Waals surface area contributed by atoms with Crippen LogP contribution in [-0.4, -0.2) is 5.67 Å². The molecule has 0 heterocycles. The summed E-state index contributed by atoms with van der Waals surface area (Å²) in [4.78, 5) is 0. The van der Waals surface area contributed by atoms with E-state index in [-0.39, 0.29) is 0 Å². The number of aryl methyl sites for hydroxylation is 1. The molecule has 0 unspecified atom stereocenters. The van der Waals surface area contributed by atoms with Crippen molar-refractivity contribution in [3.05, 3.63) is 59.7 Å². The summed E-state index contributed by atoms with van der Waals surface area (Å²) in [6.45, 7) is 4.30. The first-order chi connectivity index (χ1) is 12.1. The fourth-order valence-electron chi connectivity index (χ4n) is 4.27. The van der Waals surface area contributed by atoms with Crippen molar-refractivity contribution in [3.8, 4) is 11.1 Å². The van der Waals surface area contributed by atoms with Gasteiger partial charge in [-0.1, -0.05) is 75.2 Å². The molecule has 25 heavy (non-hydrogen) atoms. The Labute approximate surface area is 152 Å². The number of alkyl halides is 1. The van der Waals surface area contributed by atoms with Crippen LogP contribution < -0.4 is 0 Å². The fourth-order valence-corrected chi connectivity index (χ4v) is 4.27. The maximum atomic E-state index is 14.6. The molecule has 0 saturated heterocycles. The SMILES string of the molecule is CCCc1ccc(-c2ccc(C3CCC(F)(CCC)CC3)cc2)cc1. The Balaban J connectivity index is 1.64. The topological polar surface area (TPSA) is 0 Å². The maximum Gasteiger partial charge on any atom is 0.111 e. The molecule has 1 saturated carbocycles. The van der Waals surface area contributed by atoms with Gasteiger partial charge in [0, 0.05) is 0 Å². The summed E-state index contributed by atoms with van der Waals surface area (Å²) in [5.41, 5.74) is 4.44. The first-order valence-corrected chi connectivity index (χ1v) is 10.0. The predicted molar refractivity (Wildman–Crippen MR) is 106 cm³/mol. The van der Waals surface area contributed by atoms with Gasteiger partial charge < -0.3 is 0 Å². The minimum Gasteiger partial charge on any atom is -0.244 e. The van der Waals surface area contributed by atoms with Gasteiger partial charge in [-0.2, -0.15) is 0 Å². The van der Waals surface area contributed by atoms with Crippen LogP contribution in [-0.2, 0) is 6.42 Å². The van der Waals surface area contributed by atoms with Gasteiger partial charge in [0.1, 0.15) is 5.67 Å². The van der Waals surface area contributed by atoms with Gasteiger partial charge in [-0.15, -0.1) is 0 Å². The van der Waals surface area contributed by atoms with Gasteiger partial charge in [0.2, 0.25) is 0 Å². The molecule has 0 bridgehead atoms. The molecule has 0 aromatic heterocycles. The largest absolute Gasteiger partial charge is 0.244 e. The third kappa shape index (κ3) is 4.51. The standard InChI is InChI=1S/C24H31F/c1-3-5-19-6-8-20(9-7-19)21-10-12-22(13-11-21)23-14-17-24(25,16-4-2)18-15-23/h6-13,23H,3-5,14-18H2,1-2H3. The lowest BCUT2D eigenvalue weighted by molar-refractivity contribution is 0.0874. The normalized spacial score (nSPS) is 23.6. The van der Waals surface area contributed by atoms with E-state index in [1.165, 1.54) is 28.7 Å². The minimum absolute atomic E-state index is 0.529. The van der Waals surface area contributed by atoms with E-state index in [2.05, 4.69) is 62.4 Å². The first-order valence-electron chi connectivity index (χ1n) is 10.0. The van der Waals surface area contributed by atoms with E-state index in [1.807, 2.05) is 0 Å². The summed E-state index contributed by atoms with van der Waals surface area (Å²) in [7, 11) is 0. The highest BCUT2D eigenvalue weighted by molar-refractivity contribution is 5.64. The minimum atomic E-state index is -0.897. The summed E-state index contributed by atoms with van der Waals surface area (Å²) < 4.78 is 14.6. The zero-order valence-electron chi connectivity index (χ0n) is 15.7. The molecule has 1 aliphatic carbocycles. The summed E-state index contributed by atoms with van der Waals surface area (Å²) in [6.07, 6.45) is 7.45. The second-order valence-electron chi connectivity index (χ2n) is 7.74. The molecule has 1 heteroatoms. The molecule has 0 spiro atoms. The maximum absolute atomic E-state index is 14.6. The van der Waals surface area contributed by atoms with Crippen molar-refractivity contribution in [2.75, 3.05) is 0 Å². The number of hydrogen-bond donors (Lipinski definition) is 0. The van der Waals surface area contributed by atoms with Crippen LogP contribution in [0.4, 0.5) is 4.39 Å². The Bertz CT molecular complexity index is 645. The van der Waals surface area contributed by atoms with Gasteiger partial charge in [0.25, 0.3) is 0 Å². The molecule has 0 N–H and O–H groups in total. The smallest absolute Gasteiger partial charge is 0.111 e. The number of halogens is 1. The third-order valence-corrected chi connectivity index (χ3v) is 5.79. The van der Waals surface area contributed by atoms with Crippen molar-refractivity contribution in [1.29, 1.82) is 0 Å². The Morgan fingerprint density at radius 2 is 1.40 bits per heavy atom. The molecule has 0 aliphatic heterocycles. The van der Waals surface area contributed by atoms with Crippen LogP contribution in [0.15, 0.2) is 48.5 Å². The lowest BCUT2D eigenvalue weighted by Gasteiger charge is -2.34. The van der Waals surface area contributed by atoms with E-state index in [4.69, 9.17) is 0 Å². The number of hydrogen-bond acceptors (Lipinski definition) is 0. The van der Waals surface area contributed by atoms with E-state index in [0.29, 0.717) is 5.92 Å². The molecule has 2 aromatic rings. The second kappa shape index (κ2) is 8.17. The third-order valence-electron chi connectivity index (χ3n) is 5.79. The molecular weight excluding hydrogens is 307 g/mol. The van der Waals surface area contributed by atoms with Crippen LogP contribution in [0.3, 0.4) is 0 Å². The molecule has 0 radical (unpaired) electrons. The van der Waals surface area contributed by atoms with E-state index in [0.717, 1.165) is 44.9 Å². The van der Waals surface area contributed by atoms with Crippen LogP contribution in [0.5, 0.6) is 0 Å². The summed E-state index contributed by atoms with van der Waals surface area (Å²) >= 11 is 0. The molecule has 3 rings (SSSR count). The molecule has 1 fully saturated rings. The molecule has 1 aliphatic rings. The van der Waals surface area contributed by atoms with Crippen molar-refractivity contribution >= 4 is 0 Å². The van der Waals surface area contributed by atoms with Gasteiger partial charge in [-0.3, -0.25) is 0 Å². The van der Waals surface area contributed by atoms with Crippen LogP contribution in [0.1, 0.15) is 75.8 Å². The highest BCUT2D eigenvalue weighted by atomic mass is 19.1. The van der Waals surface area contributed by atoms with Crippen LogP contribution in [0.25, 0.3) is 11.1 Å². The lowest BCUT2D eigenvalue weighted by atomic mass is 9.75. The molecule has 0 atom stereocenters. The summed E-state index contributed by atoms with van der Waals surface area (Å²) in [5, 5.41) is 0. The Kier molecular flexibility index (Phi) is 5.93. The van der Waals surface area contributed by atoms with Gasteiger partial charge >= 0.3 is 0 Å². The van der Waals surface area contributed by atoms with Gasteiger partial charge in [-0.05, 0) is 66.7 Å².